The highest BCUT2D eigenvalue weighted by molar-refractivity contribution is 4.60. The maximum absolute atomic E-state index is 3.46. The predicted octanol–water partition coefficient (Wildman–Crippen LogP) is 2.74. The molecular weight excluding hydrogens is 184 g/mol. The van der Waals surface area contributed by atoms with Crippen LogP contribution in [0.25, 0.3) is 0 Å². The zero-order valence-corrected chi connectivity index (χ0v) is 11.3. The first-order valence-electron chi connectivity index (χ1n) is 6.52. The van der Waals surface area contributed by atoms with Crippen LogP contribution in [0, 0.1) is 5.92 Å². The van der Waals surface area contributed by atoms with Gasteiger partial charge in [-0.25, -0.2) is 0 Å². The van der Waals surface area contributed by atoms with Crippen molar-refractivity contribution >= 4 is 0 Å². The smallest absolute Gasteiger partial charge is 0.00103 e. The van der Waals surface area contributed by atoms with Crippen molar-refractivity contribution in [3.05, 3.63) is 0 Å². The zero-order chi connectivity index (χ0) is 11.7. The van der Waals surface area contributed by atoms with E-state index in [0.717, 1.165) is 12.5 Å². The molecule has 0 bridgehead atoms. The molecule has 0 aromatic heterocycles. The van der Waals surface area contributed by atoms with Gasteiger partial charge in [0.05, 0.1) is 0 Å². The molecular formula is C13H30N2. The van der Waals surface area contributed by atoms with Gasteiger partial charge >= 0.3 is 0 Å². The first-order valence-corrected chi connectivity index (χ1v) is 6.52. The molecule has 92 valence electrons. The van der Waals surface area contributed by atoms with Gasteiger partial charge < -0.3 is 10.2 Å². The summed E-state index contributed by atoms with van der Waals surface area (Å²) in [6, 6.07) is 0.628. The topological polar surface area (TPSA) is 15.3 Å². The fraction of sp³-hybridized carbons (Fsp3) is 1.00. The molecule has 0 unspecified atom stereocenters. The fourth-order valence-corrected chi connectivity index (χ4v) is 1.75. The Morgan fingerprint density at radius 1 is 1.07 bits per heavy atom. The monoisotopic (exact) mass is 214 g/mol. The summed E-state index contributed by atoms with van der Waals surface area (Å²) >= 11 is 0. The second-order valence-electron chi connectivity index (χ2n) is 5.10. The molecule has 0 atom stereocenters. The van der Waals surface area contributed by atoms with Crippen molar-refractivity contribution in [1.29, 1.82) is 0 Å². The van der Waals surface area contributed by atoms with E-state index in [2.05, 4.69) is 44.8 Å². The SMILES string of the molecule is CCN(CCCCNC(C)C)CC(C)C. The summed E-state index contributed by atoms with van der Waals surface area (Å²) in [5.74, 6) is 0.790. The van der Waals surface area contributed by atoms with Crippen molar-refractivity contribution in [1.82, 2.24) is 10.2 Å². The summed E-state index contributed by atoms with van der Waals surface area (Å²) < 4.78 is 0. The van der Waals surface area contributed by atoms with Crippen LogP contribution in [0.3, 0.4) is 0 Å². The van der Waals surface area contributed by atoms with Gasteiger partial charge in [-0.1, -0.05) is 34.6 Å². The Kier molecular flexibility index (Phi) is 9.12. The summed E-state index contributed by atoms with van der Waals surface area (Å²) in [5, 5.41) is 3.46. The molecule has 0 aliphatic carbocycles. The summed E-state index contributed by atoms with van der Waals surface area (Å²) in [5.41, 5.74) is 0. The van der Waals surface area contributed by atoms with Crippen LogP contribution >= 0.6 is 0 Å². The van der Waals surface area contributed by atoms with Gasteiger partial charge in [-0.15, -0.1) is 0 Å². The Bertz CT molecular complexity index is 132. The van der Waals surface area contributed by atoms with Crippen LogP contribution < -0.4 is 5.32 Å². The third-order valence-electron chi connectivity index (χ3n) is 2.52. The van der Waals surface area contributed by atoms with E-state index in [1.165, 1.54) is 32.5 Å². The van der Waals surface area contributed by atoms with E-state index in [-0.39, 0.29) is 0 Å². The van der Waals surface area contributed by atoms with E-state index >= 15 is 0 Å². The van der Waals surface area contributed by atoms with Gasteiger partial charge in [-0.05, 0) is 38.4 Å². The summed E-state index contributed by atoms with van der Waals surface area (Å²) in [6.07, 6.45) is 2.62. The summed E-state index contributed by atoms with van der Waals surface area (Å²) in [7, 11) is 0. The number of hydrogen-bond donors (Lipinski definition) is 1. The first-order chi connectivity index (χ1) is 7.06. The molecule has 0 aromatic rings. The van der Waals surface area contributed by atoms with Crippen molar-refractivity contribution in [3.63, 3.8) is 0 Å². The minimum absolute atomic E-state index is 0.628. The largest absolute Gasteiger partial charge is 0.315 e. The Morgan fingerprint density at radius 3 is 2.20 bits per heavy atom. The molecule has 0 aromatic carbocycles. The Balaban J connectivity index is 3.38. The van der Waals surface area contributed by atoms with E-state index in [9.17, 15) is 0 Å². The number of rotatable bonds is 9. The highest BCUT2D eigenvalue weighted by Gasteiger charge is 2.04. The van der Waals surface area contributed by atoms with Gasteiger partial charge in [0.2, 0.25) is 0 Å². The van der Waals surface area contributed by atoms with Crippen LogP contribution in [0.1, 0.15) is 47.5 Å². The number of unbranched alkanes of at least 4 members (excludes halogenated alkanes) is 1. The molecule has 15 heavy (non-hydrogen) atoms. The van der Waals surface area contributed by atoms with Crippen molar-refractivity contribution in [3.8, 4) is 0 Å². The molecule has 0 heterocycles. The molecule has 0 fully saturated rings. The van der Waals surface area contributed by atoms with Gasteiger partial charge in [0, 0.05) is 12.6 Å². The molecule has 0 radical (unpaired) electrons. The van der Waals surface area contributed by atoms with E-state index in [4.69, 9.17) is 0 Å². The van der Waals surface area contributed by atoms with Crippen molar-refractivity contribution in [2.45, 2.75) is 53.5 Å². The van der Waals surface area contributed by atoms with Crippen LogP contribution in [0.5, 0.6) is 0 Å². The molecule has 0 saturated carbocycles. The quantitative estimate of drug-likeness (QED) is 0.594. The average molecular weight is 214 g/mol. The minimum Gasteiger partial charge on any atom is -0.315 e. The van der Waals surface area contributed by atoms with E-state index < -0.39 is 0 Å². The maximum Gasteiger partial charge on any atom is 0.00103 e. The van der Waals surface area contributed by atoms with E-state index in [0.29, 0.717) is 6.04 Å². The van der Waals surface area contributed by atoms with Gasteiger partial charge in [0.15, 0.2) is 0 Å². The van der Waals surface area contributed by atoms with E-state index in [1.54, 1.807) is 0 Å². The molecule has 0 spiro atoms. The molecule has 2 nitrogen and oxygen atoms in total. The van der Waals surface area contributed by atoms with Crippen LogP contribution in [-0.2, 0) is 0 Å². The molecule has 0 aliphatic rings. The average Bonchev–Trinajstić information content (AvgIpc) is 2.14. The van der Waals surface area contributed by atoms with Crippen molar-refractivity contribution in [2.75, 3.05) is 26.2 Å². The van der Waals surface area contributed by atoms with Crippen LogP contribution in [0.15, 0.2) is 0 Å². The summed E-state index contributed by atoms with van der Waals surface area (Å²) in [6.45, 7) is 16.1. The molecule has 0 amide bonds. The van der Waals surface area contributed by atoms with Gasteiger partial charge in [0.25, 0.3) is 0 Å². The standard InChI is InChI=1S/C13H30N2/c1-6-15(11-12(2)3)10-8-7-9-14-13(4)5/h12-14H,6-11H2,1-5H3. The number of hydrogen-bond acceptors (Lipinski definition) is 2. The van der Waals surface area contributed by atoms with Crippen LogP contribution in [0.4, 0.5) is 0 Å². The lowest BCUT2D eigenvalue weighted by molar-refractivity contribution is 0.251. The van der Waals surface area contributed by atoms with Crippen LogP contribution in [-0.4, -0.2) is 37.1 Å². The fourth-order valence-electron chi connectivity index (χ4n) is 1.75. The molecule has 0 saturated heterocycles. The number of nitrogens with one attached hydrogen (secondary N) is 1. The third-order valence-corrected chi connectivity index (χ3v) is 2.52. The number of nitrogens with zero attached hydrogens (tertiary/aromatic N) is 1. The highest BCUT2D eigenvalue weighted by Crippen LogP contribution is 2.00. The molecule has 1 N–H and O–H groups in total. The van der Waals surface area contributed by atoms with Gasteiger partial charge in [-0.3, -0.25) is 0 Å². The minimum atomic E-state index is 0.628. The second-order valence-corrected chi connectivity index (χ2v) is 5.10. The lowest BCUT2D eigenvalue weighted by atomic mass is 10.2. The van der Waals surface area contributed by atoms with Crippen molar-refractivity contribution < 1.29 is 0 Å². The normalized spacial score (nSPS) is 12.0. The lowest BCUT2D eigenvalue weighted by Gasteiger charge is -2.22. The van der Waals surface area contributed by atoms with E-state index in [1.807, 2.05) is 0 Å². The Morgan fingerprint density at radius 2 is 1.73 bits per heavy atom. The summed E-state index contributed by atoms with van der Waals surface area (Å²) in [4.78, 5) is 2.56. The predicted molar refractivity (Wildman–Crippen MR) is 69.3 cm³/mol. The second kappa shape index (κ2) is 9.17. The third kappa shape index (κ3) is 10.2. The highest BCUT2D eigenvalue weighted by atomic mass is 15.1. The molecule has 0 rings (SSSR count). The van der Waals surface area contributed by atoms with Gasteiger partial charge in [0.1, 0.15) is 0 Å². The van der Waals surface area contributed by atoms with Gasteiger partial charge in [-0.2, -0.15) is 0 Å². The Labute approximate surface area is 96.4 Å². The van der Waals surface area contributed by atoms with Crippen LogP contribution in [0.2, 0.25) is 0 Å². The lowest BCUT2D eigenvalue weighted by Crippen LogP contribution is -2.29. The van der Waals surface area contributed by atoms with Crippen molar-refractivity contribution in [2.24, 2.45) is 5.92 Å². The Hall–Kier alpha value is -0.0800. The maximum atomic E-state index is 3.46. The zero-order valence-electron chi connectivity index (χ0n) is 11.3. The first kappa shape index (κ1) is 14.9. The molecule has 0 aliphatic heterocycles. The molecule has 2 heteroatoms.